The Balaban J connectivity index is 1.78. The minimum absolute atomic E-state index is 0.0158. The Morgan fingerprint density at radius 1 is 0.935 bits per heavy atom. The summed E-state index contributed by atoms with van der Waals surface area (Å²) in [5.74, 6) is 0.281. The number of para-hydroxylation sites is 1. The molecule has 0 aliphatic carbocycles. The third-order valence-corrected chi connectivity index (χ3v) is 6.57. The van der Waals surface area contributed by atoms with Crippen LogP contribution >= 0.6 is 34.8 Å². The second-order valence-corrected chi connectivity index (χ2v) is 9.43. The van der Waals surface area contributed by atoms with Crippen LogP contribution in [0, 0.1) is 0 Å². The molecule has 0 saturated carbocycles. The lowest BCUT2D eigenvalue weighted by atomic mass is 10.2. The van der Waals surface area contributed by atoms with Crippen LogP contribution in [0.5, 0.6) is 11.5 Å². The molecule has 0 aliphatic rings. The largest absolute Gasteiger partial charge is 0.455 e. The summed E-state index contributed by atoms with van der Waals surface area (Å²) in [6.07, 6.45) is 0. The summed E-state index contributed by atoms with van der Waals surface area (Å²) < 4.78 is 33.4. The van der Waals surface area contributed by atoms with Crippen molar-refractivity contribution in [2.45, 2.75) is 17.9 Å². The van der Waals surface area contributed by atoms with E-state index in [2.05, 4.69) is 10.0 Å². The van der Waals surface area contributed by atoms with Gasteiger partial charge in [-0.15, -0.1) is 0 Å². The standard InChI is InChI=1S/C21H17Cl3N2O4S/c1-13(26-31(28,29)20-12-15(23)7-9-17(20)24)21(27)25-18-11-14(22)8-10-19(18)30-16-5-3-2-4-6-16/h2-13,26H,1H3,(H,25,27)/t13-/m1/s1. The van der Waals surface area contributed by atoms with Gasteiger partial charge in [0.05, 0.1) is 16.8 Å². The number of ether oxygens (including phenoxy) is 1. The van der Waals surface area contributed by atoms with E-state index in [1.54, 1.807) is 36.4 Å². The summed E-state index contributed by atoms with van der Waals surface area (Å²) in [5, 5.41) is 3.19. The maximum absolute atomic E-state index is 12.7. The predicted molar refractivity (Wildman–Crippen MR) is 123 cm³/mol. The number of benzene rings is 3. The van der Waals surface area contributed by atoms with Crippen LogP contribution < -0.4 is 14.8 Å². The summed E-state index contributed by atoms with van der Waals surface area (Å²) in [6.45, 7) is 1.40. The van der Waals surface area contributed by atoms with Crippen molar-refractivity contribution in [2.24, 2.45) is 0 Å². The van der Waals surface area contributed by atoms with Crippen LogP contribution in [0.1, 0.15) is 6.92 Å². The van der Waals surface area contributed by atoms with Crippen LogP contribution in [0.4, 0.5) is 5.69 Å². The summed E-state index contributed by atoms with van der Waals surface area (Å²) in [7, 11) is -4.10. The maximum atomic E-state index is 12.7. The highest BCUT2D eigenvalue weighted by atomic mass is 35.5. The van der Waals surface area contributed by atoms with Gasteiger partial charge in [-0.25, -0.2) is 8.42 Å². The van der Waals surface area contributed by atoms with E-state index in [-0.39, 0.29) is 20.6 Å². The van der Waals surface area contributed by atoms with Crippen molar-refractivity contribution < 1.29 is 17.9 Å². The third kappa shape index (κ3) is 6.12. The summed E-state index contributed by atoms with van der Waals surface area (Å²) in [5.41, 5.74) is 0.285. The highest BCUT2D eigenvalue weighted by Crippen LogP contribution is 2.32. The molecule has 0 saturated heterocycles. The summed E-state index contributed by atoms with van der Waals surface area (Å²) in [4.78, 5) is 12.5. The van der Waals surface area contributed by atoms with Crippen LogP contribution in [-0.4, -0.2) is 20.4 Å². The van der Waals surface area contributed by atoms with E-state index in [0.29, 0.717) is 16.5 Å². The molecule has 162 valence electrons. The molecule has 1 amide bonds. The van der Waals surface area contributed by atoms with Gasteiger partial charge in [-0.3, -0.25) is 4.79 Å². The van der Waals surface area contributed by atoms with Crippen LogP contribution in [-0.2, 0) is 14.8 Å². The van der Waals surface area contributed by atoms with Gasteiger partial charge in [-0.05, 0) is 55.5 Å². The van der Waals surface area contributed by atoms with Gasteiger partial charge in [0.2, 0.25) is 15.9 Å². The molecule has 2 N–H and O–H groups in total. The highest BCUT2D eigenvalue weighted by molar-refractivity contribution is 7.89. The zero-order chi connectivity index (χ0) is 22.6. The molecule has 10 heteroatoms. The van der Waals surface area contributed by atoms with Crippen molar-refractivity contribution in [3.8, 4) is 11.5 Å². The Morgan fingerprint density at radius 2 is 1.58 bits per heavy atom. The molecule has 0 bridgehead atoms. The Bertz CT molecular complexity index is 1200. The van der Waals surface area contributed by atoms with E-state index in [0.717, 1.165) is 0 Å². The lowest BCUT2D eigenvalue weighted by Crippen LogP contribution is -2.41. The number of anilines is 1. The predicted octanol–water partition coefficient (Wildman–Crippen LogP) is 5.74. The van der Waals surface area contributed by atoms with Gasteiger partial charge in [-0.1, -0.05) is 53.0 Å². The fourth-order valence-corrected chi connectivity index (χ4v) is 4.72. The van der Waals surface area contributed by atoms with E-state index in [9.17, 15) is 13.2 Å². The first kappa shape index (κ1) is 23.4. The zero-order valence-electron chi connectivity index (χ0n) is 16.1. The molecule has 3 rings (SSSR count). The molecule has 0 fully saturated rings. The van der Waals surface area contributed by atoms with E-state index in [4.69, 9.17) is 39.5 Å². The fraction of sp³-hybridized carbons (Fsp3) is 0.0952. The van der Waals surface area contributed by atoms with Crippen LogP contribution in [0.3, 0.4) is 0 Å². The normalized spacial score (nSPS) is 12.3. The summed E-state index contributed by atoms with van der Waals surface area (Å²) >= 11 is 17.9. The molecule has 31 heavy (non-hydrogen) atoms. The van der Waals surface area contributed by atoms with Crippen LogP contribution in [0.15, 0.2) is 71.6 Å². The minimum Gasteiger partial charge on any atom is -0.455 e. The quantitative estimate of drug-likeness (QED) is 0.434. The third-order valence-electron chi connectivity index (χ3n) is 4.08. The van der Waals surface area contributed by atoms with Crippen molar-refractivity contribution in [3.05, 3.63) is 81.8 Å². The number of nitrogens with one attached hydrogen (secondary N) is 2. The number of sulfonamides is 1. The maximum Gasteiger partial charge on any atom is 0.242 e. The number of carbonyl (C=O) groups excluding carboxylic acids is 1. The van der Waals surface area contributed by atoms with E-state index in [1.165, 1.54) is 31.2 Å². The Hall–Kier alpha value is -2.29. The van der Waals surface area contributed by atoms with Gasteiger partial charge in [0.25, 0.3) is 0 Å². The van der Waals surface area contributed by atoms with Gasteiger partial charge in [-0.2, -0.15) is 4.72 Å². The number of hydrogen-bond donors (Lipinski definition) is 2. The van der Waals surface area contributed by atoms with Crippen molar-refractivity contribution in [3.63, 3.8) is 0 Å². The molecule has 0 aromatic heterocycles. The van der Waals surface area contributed by atoms with Crippen LogP contribution in [0.2, 0.25) is 15.1 Å². The molecule has 0 spiro atoms. The molecule has 6 nitrogen and oxygen atoms in total. The number of carbonyl (C=O) groups is 1. The fourth-order valence-electron chi connectivity index (χ4n) is 2.58. The minimum atomic E-state index is -4.10. The van der Waals surface area contributed by atoms with Crippen molar-refractivity contribution >= 4 is 56.4 Å². The lowest BCUT2D eigenvalue weighted by molar-refractivity contribution is -0.117. The van der Waals surface area contributed by atoms with Crippen molar-refractivity contribution in [1.29, 1.82) is 0 Å². The number of hydrogen-bond acceptors (Lipinski definition) is 4. The topological polar surface area (TPSA) is 84.5 Å². The lowest BCUT2D eigenvalue weighted by Gasteiger charge is -2.17. The van der Waals surface area contributed by atoms with E-state index < -0.39 is 22.0 Å². The van der Waals surface area contributed by atoms with Crippen molar-refractivity contribution in [1.82, 2.24) is 4.72 Å². The molecule has 1 atom stereocenters. The first-order valence-electron chi connectivity index (χ1n) is 8.96. The second kappa shape index (κ2) is 9.89. The van der Waals surface area contributed by atoms with Gasteiger partial charge in [0, 0.05) is 10.0 Å². The molecule has 0 radical (unpaired) electrons. The highest BCUT2D eigenvalue weighted by Gasteiger charge is 2.25. The molecule has 0 unspecified atom stereocenters. The number of amides is 1. The Kier molecular flexibility index (Phi) is 7.46. The summed E-state index contributed by atoms with van der Waals surface area (Å²) in [6, 6.07) is 16.6. The van der Waals surface area contributed by atoms with Gasteiger partial charge < -0.3 is 10.1 Å². The smallest absolute Gasteiger partial charge is 0.242 e. The first-order valence-corrected chi connectivity index (χ1v) is 11.6. The SMILES string of the molecule is C[C@@H](NS(=O)(=O)c1cc(Cl)ccc1Cl)C(=O)Nc1cc(Cl)ccc1Oc1ccccc1. The zero-order valence-corrected chi connectivity index (χ0v) is 19.2. The molecular formula is C21H17Cl3N2O4S. The average molecular weight is 500 g/mol. The molecular weight excluding hydrogens is 483 g/mol. The number of halogens is 3. The van der Waals surface area contributed by atoms with E-state index >= 15 is 0 Å². The molecule has 0 aliphatic heterocycles. The average Bonchev–Trinajstić information content (AvgIpc) is 2.72. The molecule has 0 heterocycles. The molecule has 3 aromatic rings. The molecule has 3 aromatic carbocycles. The monoisotopic (exact) mass is 498 g/mol. The number of rotatable bonds is 7. The van der Waals surface area contributed by atoms with Gasteiger partial charge in [0.1, 0.15) is 10.6 Å². The first-order chi connectivity index (χ1) is 14.7. The van der Waals surface area contributed by atoms with Gasteiger partial charge >= 0.3 is 0 Å². The van der Waals surface area contributed by atoms with Crippen molar-refractivity contribution in [2.75, 3.05) is 5.32 Å². The van der Waals surface area contributed by atoms with Gasteiger partial charge in [0.15, 0.2) is 5.75 Å². The van der Waals surface area contributed by atoms with Crippen LogP contribution in [0.25, 0.3) is 0 Å². The second-order valence-electron chi connectivity index (χ2n) is 6.46. The Labute approximate surface area is 195 Å². The van der Waals surface area contributed by atoms with E-state index in [1.807, 2.05) is 6.07 Å². The Morgan fingerprint density at radius 3 is 2.29 bits per heavy atom.